The van der Waals surface area contributed by atoms with Crippen LogP contribution in [0.15, 0.2) is 24.4 Å². The Bertz CT molecular complexity index is 875. The Morgan fingerprint density at radius 2 is 2.07 bits per heavy atom. The minimum Gasteiger partial charge on any atom is -0.461 e. The average Bonchev–Trinajstić information content (AvgIpc) is 2.89. The monoisotopic (exact) mass is 387 g/mol. The second-order valence-electron chi connectivity index (χ2n) is 8.21. The lowest BCUT2D eigenvalue weighted by atomic mass is 9.76. The molecule has 1 atom stereocenters. The van der Waals surface area contributed by atoms with Gasteiger partial charge in [-0.15, -0.1) is 0 Å². The first kappa shape index (κ1) is 18.5. The number of pyridine rings is 1. The number of aryl methyl sites for hydroxylation is 1. The number of nitrogens with zero attached hydrogens (tertiary/aromatic N) is 3. The van der Waals surface area contributed by atoms with Crippen LogP contribution in [0.1, 0.15) is 24.8 Å². The van der Waals surface area contributed by atoms with Crippen LogP contribution < -0.4 is 4.90 Å². The van der Waals surface area contributed by atoms with E-state index in [4.69, 9.17) is 16.3 Å². The zero-order valence-corrected chi connectivity index (χ0v) is 16.9. The molecule has 1 spiro atoms. The quantitative estimate of drug-likeness (QED) is 0.752. The van der Waals surface area contributed by atoms with Gasteiger partial charge in [0.05, 0.1) is 10.9 Å². The summed E-state index contributed by atoms with van der Waals surface area (Å²) in [6.07, 6.45) is 4.38. The van der Waals surface area contributed by atoms with Gasteiger partial charge in [0.25, 0.3) is 0 Å². The summed E-state index contributed by atoms with van der Waals surface area (Å²) < 4.78 is 5.68. The van der Waals surface area contributed by atoms with Crippen molar-refractivity contribution >= 4 is 34.2 Å². The highest BCUT2D eigenvalue weighted by atomic mass is 35.5. The van der Waals surface area contributed by atoms with Gasteiger partial charge in [0.1, 0.15) is 6.10 Å². The number of hydrogen-bond acceptors (Lipinski definition) is 5. The van der Waals surface area contributed by atoms with Gasteiger partial charge in [-0.2, -0.15) is 0 Å². The van der Waals surface area contributed by atoms with Crippen LogP contribution in [0.3, 0.4) is 0 Å². The van der Waals surface area contributed by atoms with Gasteiger partial charge >= 0.3 is 5.97 Å². The van der Waals surface area contributed by atoms with Gasteiger partial charge in [-0.1, -0.05) is 11.6 Å². The summed E-state index contributed by atoms with van der Waals surface area (Å²) in [4.78, 5) is 21.6. The normalized spacial score (nSPS) is 22.0. The molecule has 0 amide bonds. The molecule has 1 unspecified atom stereocenters. The third kappa shape index (κ3) is 3.39. The van der Waals surface area contributed by atoms with Crippen LogP contribution in [0.25, 0.3) is 10.9 Å². The van der Waals surface area contributed by atoms with Crippen LogP contribution in [0, 0.1) is 12.3 Å². The minimum absolute atomic E-state index is 0.00697. The van der Waals surface area contributed by atoms with E-state index in [0.717, 1.165) is 66.1 Å². The number of carbonyl (C=O) groups is 1. The lowest BCUT2D eigenvalue weighted by Crippen LogP contribution is -2.42. The molecule has 0 radical (unpaired) electrons. The maximum Gasteiger partial charge on any atom is 0.312 e. The van der Waals surface area contributed by atoms with Gasteiger partial charge in [0.15, 0.2) is 0 Å². The van der Waals surface area contributed by atoms with Crippen molar-refractivity contribution in [3.63, 3.8) is 0 Å². The van der Waals surface area contributed by atoms with Crippen molar-refractivity contribution in [3.8, 4) is 0 Å². The maximum atomic E-state index is 12.6. The molecule has 2 aliphatic rings. The molecule has 2 saturated heterocycles. The van der Waals surface area contributed by atoms with Gasteiger partial charge in [-0.05, 0) is 57.6 Å². The number of likely N-dealkylation sites (N-methyl/N-ethyl adjacent to an activating group) is 1. The van der Waals surface area contributed by atoms with Crippen molar-refractivity contribution < 1.29 is 9.53 Å². The summed E-state index contributed by atoms with van der Waals surface area (Å²) in [6.45, 7) is 4.52. The Kier molecular flexibility index (Phi) is 4.77. The van der Waals surface area contributed by atoms with E-state index in [1.54, 1.807) is 0 Å². The Balaban J connectivity index is 1.55. The first-order chi connectivity index (χ1) is 12.9. The van der Waals surface area contributed by atoms with E-state index < -0.39 is 0 Å². The highest BCUT2D eigenvalue weighted by Crippen LogP contribution is 2.44. The molecule has 0 aliphatic carbocycles. The minimum atomic E-state index is -0.312. The summed E-state index contributed by atoms with van der Waals surface area (Å²) >= 11 is 6.30. The average molecular weight is 388 g/mol. The van der Waals surface area contributed by atoms with E-state index >= 15 is 0 Å². The molecule has 3 heterocycles. The van der Waals surface area contributed by atoms with Gasteiger partial charge in [-0.25, -0.2) is 0 Å². The van der Waals surface area contributed by atoms with E-state index in [0.29, 0.717) is 0 Å². The molecule has 1 aromatic heterocycles. The van der Waals surface area contributed by atoms with Crippen molar-refractivity contribution in [2.45, 2.75) is 32.3 Å². The summed E-state index contributed by atoms with van der Waals surface area (Å²) in [6, 6.07) is 6.00. The second kappa shape index (κ2) is 6.95. The number of fused-ring (bicyclic) bond motifs is 1. The van der Waals surface area contributed by atoms with Crippen molar-refractivity contribution in [2.24, 2.45) is 5.41 Å². The zero-order valence-electron chi connectivity index (χ0n) is 16.2. The number of benzene rings is 1. The van der Waals surface area contributed by atoms with Gasteiger partial charge < -0.3 is 14.5 Å². The Morgan fingerprint density at radius 1 is 1.33 bits per heavy atom. The van der Waals surface area contributed by atoms with Crippen molar-refractivity contribution in [1.29, 1.82) is 0 Å². The number of rotatable bonds is 3. The predicted octanol–water partition coefficient (Wildman–Crippen LogP) is 3.66. The Morgan fingerprint density at radius 3 is 2.78 bits per heavy atom. The largest absolute Gasteiger partial charge is 0.461 e. The topological polar surface area (TPSA) is 45.7 Å². The third-order valence-electron chi connectivity index (χ3n) is 5.93. The molecular weight excluding hydrogens is 362 g/mol. The Hall–Kier alpha value is -1.85. The molecule has 1 aromatic carbocycles. The number of hydrogen-bond donors (Lipinski definition) is 0. The third-order valence-corrected chi connectivity index (χ3v) is 6.15. The number of piperidine rings is 1. The molecule has 27 heavy (non-hydrogen) atoms. The lowest BCUT2D eigenvalue weighted by molar-refractivity contribution is -0.150. The second-order valence-corrected chi connectivity index (χ2v) is 8.65. The van der Waals surface area contributed by atoms with E-state index in [9.17, 15) is 4.79 Å². The van der Waals surface area contributed by atoms with Crippen LogP contribution in [0.4, 0.5) is 5.69 Å². The SMILES string of the molecule is Cc1cc(Cl)cc2c(N3CCC4(CC3)CC(CN(C)C)OC4=O)ccnc12. The van der Waals surface area contributed by atoms with E-state index in [1.165, 1.54) is 0 Å². The molecule has 0 bridgehead atoms. The first-order valence-corrected chi connectivity index (χ1v) is 9.91. The molecule has 0 saturated carbocycles. The Labute approximate surface area is 165 Å². The maximum absolute atomic E-state index is 12.6. The molecule has 4 rings (SSSR count). The van der Waals surface area contributed by atoms with Crippen molar-refractivity contribution in [2.75, 3.05) is 38.6 Å². The summed E-state index contributed by atoms with van der Waals surface area (Å²) in [7, 11) is 4.03. The fourth-order valence-corrected chi connectivity index (χ4v) is 4.85. The summed E-state index contributed by atoms with van der Waals surface area (Å²) in [5.74, 6) is -0.00697. The number of esters is 1. The fraction of sp³-hybridized carbons (Fsp3) is 0.524. The summed E-state index contributed by atoms with van der Waals surface area (Å²) in [5.41, 5.74) is 2.91. The van der Waals surface area contributed by atoms with Crippen LogP contribution >= 0.6 is 11.6 Å². The van der Waals surface area contributed by atoms with Crippen molar-refractivity contribution in [1.82, 2.24) is 9.88 Å². The molecule has 0 N–H and O–H groups in total. The molecule has 2 aromatic rings. The molecule has 2 aliphatic heterocycles. The lowest BCUT2D eigenvalue weighted by Gasteiger charge is -2.38. The van der Waals surface area contributed by atoms with Crippen LogP contribution in [-0.4, -0.2) is 55.7 Å². The van der Waals surface area contributed by atoms with Gasteiger partial charge in [0.2, 0.25) is 0 Å². The number of cyclic esters (lactones) is 1. The number of aromatic nitrogens is 1. The number of carbonyl (C=O) groups excluding carboxylic acids is 1. The first-order valence-electron chi connectivity index (χ1n) is 9.54. The number of halogens is 1. The predicted molar refractivity (Wildman–Crippen MR) is 108 cm³/mol. The van der Waals surface area contributed by atoms with Crippen LogP contribution in [0.2, 0.25) is 5.02 Å². The van der Waals surface area contributed by atoms with Crippen LogP contribution in [0.5, 0.6) is 0 Å². The van der Waals surface area contributed by atoms with Crippen molar-refractivity contribution in [3.05, 3.63) is 35.0 Å². The number of ether oxygens (including phenoxy) is 1. The molecule has 5 nitrogen and oxygen atoms in total. The molecule has 144 valence electrons. The molecular formula is C21H26ClN3O2. The summed E-state index contributed by atoms with van der Waals surface area (Å²) in [5, 5.41) is 1.81. The highest BCUT2D eigenvalue weighted by Gasteiger charge is 2.50. The molecule has 6 heteroatoms. The van der Waals surface area contributed by atoms with Gasteiger partial charge in [-0.3, -0.25) is 9.78 Å². The fourth-order valence-electron chi connectivity index (χ4n) is 4.58. The molecule has 2 fully saturated rings. The van der Waals surface area contributed by atoms with E-state index in [1.807, 2.05) is 39.3 Å². The van der Waals surface area contributed by atoms with E-state index in [-0.39, 0.29) is 17.5 Å². The highest BCUT2D eigenvalue weighted by molar-refractivity contribution is 6.31. The zero-order chi connectivity index (χ0) is 19.2. The number of anilines is 1. The smallest absolute Gasteiger partial charge is 0.312 e. The van der Waals surface area contributed by atoms with Gasteiger partial charge in [0, 0.05) is 48.3 Å². The van der Waals surface area contributed by atoms with E-state index in [2.05, 4.69) is 20.9 Å². The van der Waals surface area contributed by atoms with Crippen LogP contribution in [-0.2, 0) is 9.53 Å². The standard InChI is InChI=1S/C21H26ClN3O2/c1-14-10-15(22)11-17-18(4-7-23-19(14)17)25-8-5-21(6-9-25)12-16(13-24(2)3)27-20(21)26/h4,7,10-11,16H,5-6,8-9,12-13H2,1-3H3.